The van der Waals surface area contributed by atoms with Gasteiger partial charge in [-0.25, -0.2) is 0 Å². The van der Waals surface area contributed by atoms with Gasteiger partial charge in [-0.05, 0) is 23.6 Å². The van der Waals surface area contributed by atoms with Gasteiger partial charge in [0.05, 0.1) is 0 Å². The normalized spacial score (nSPS) is 9.35. The number of hydrogen-bond donors (Lipinski definition) is 2. The van der Waals surface area contributed by atoms with Crippen molar-refractivity contribution in [2.45, 2.75) is 20.0 Å². The van der Waals surface area contributed by atoms with Crippen molar-refractivity contribution in [1.82, 2.24) is 0 Å². The number of aryl methyl sites for hydroxylation is 1. The Balaban J connectivity index is 0.000000171. The summed E-state index contributed by atoms with van der Waals surface area (Å²) in [6.07, 6.45) is 0. The second kappa shape index (κ2) is 7.60. The molecule has 0 aliphatic carbocycles. The van der Waals surface area contributed by atoms with E-state index in [1.807, 2.05) is 42.5 Å². The lowest BCUT2D eigenvalue weighted by molar-refractivity contribution is 1.05. The van der Waals surface area contributed by atoms with E-state index >= 15 is 0 Å². The van der Waals surface area contributed by atoms with Crippen LogP contribution in [0.15, 0.2) is 54.6 Å². The minimum Gasteiger partial charge on any atom is -0.326 e. The smallest absolute Gasteiger partial charge is 0.0180 e. The van der Waals surface area contributed by atoms with Crippen molar-refractivity contribution < 1.29 is 0 Å². The van der Waals surface area contributed by atoms with Gasteiger partial charge in [0.1, 0.15) is 0 Å². The highest BCUT2D eigenvalue weighted by atomic mass is 14.5. The molecule has 0 spiro atoms. The van der Waals surface area contributed by atoms with E-state index in [-0.39, 0.29) is 0 Å². The first-order valence-electron chi connectivity index (χ1n) is 5.76. The Bertz CT molecular complexity index is 424. The summed E-state index contributed by atoms with van der Waals surface area (Å²) in [5, 5.41) is 0. The van der Waals surface area contributed by atoms with Gasteiger partial charge in [0, 0.05) is 13.1 Å². The van der Waals surface area contributed by atoms with Gasteiger partial charge in [0.2, 0.25) is 0 Å². The summed E-state index contributed by atoms with van der Waals surface area (Å²) >= 11 is 0. The molecule has 17 heavy (non-hydrogen) atoms. The molecule has 0 aromatic heterocycles. The molecule has 2 nitrogen and oxygen atoms in total. The number of nitrogens with two attached hydrogens (primary N) is 2. The van der Waals surface area contributed by atoms with E-state index in [0.717, 1.165) is 0 Å². The lowest BCUT2D eigenvalue weighted by atomic mass is 10.1. The second-order valence-electron chi connectivity index (χ2n) is 3.82. The number of hydrogen-bond acceptors (Lipinski definition) is 2. The van der Waals surface area contributed by atoms with Crippen LogP contribution < -0.4 is 11.5 Å². The third-order valence-electron chi connectivity index (χ3n) is 2.56. The van der Waals surface area contributed by atoms with E-state index in [4.69, 9.17) is 11.5 Å². The fourth-order valence-electron chi connectivity index (χ4n) is 1.45. The second-order valence-corrected chi connectivity index (χ2v) is 3.82. The maximum absolute atomic E-state index is 5.45. The molecule has 2 heteroatoms. The monoisotopic (exact) mass is 228 g/mol. The van der Waals surface area contributed by atoms with Crippen molar-refractivity contribution in [3.63, 3.8) is 0 Å². The molecule has 0 saturated carbocycles. The molecule has 0 amide bonds. The lowest BCUT2D eigenvalue weighted by Crippen LogP contribution is -1.97. The molecule has 4 N–H and O–H groups in total. The van der Waals surface area contributed by atoms with E-state index in [1.165, 1.54) is 16.7 Å². The van der Waals surface area contributed by atoms with Crippen LogP contribution in [-0.4, -0.2) is 0 Å². The Morgan fingerprint density at radius 1 is 0.765 bits per heavy atom. The maximum atomic E-state index is 5.45. The molecule has 2 aromatic rings. The molecule has 0 atom stereocenters. The van der Waals surface area contributed by atoms with Crippen LogP contribution in [0.25, 0.3) is 0 Å². The highest BCUT2D eigenvalue weighted by molar-refractivity contribution is 5.24. The van der Waals surface area contributed by atoms with E-state index < -0.39 is 0 Å². The largest absolute Gasteiger partial charge is 0.326 e. The average Bonchev–Trinajstić information content (AvgIpc) is 2.41. The molecular weight excluding hydrogens is 208 g/mol. The third-order valence-corrected chi connectivity index (χ3v) is 2.56. The summed E-state index contributed by atoms with van der Waals surface area (Å²) in [6.45, 7) is 3.36. The Morgan fingerprint density at radius 3 is 1.76 bits per heavy atom. The molecule has 2 aromatic carbocycles. The molecule has 2 rings (SSSR count). The number of rotatable bonds is 2. The average molecular weight is 228 g/mol. The Labute approximate surface area is 103 Å². The maximum Gasteiger partial charge on any atom is 0.0180 e. The first-order chi connectivity index (χ1) is 8.27. The van der Waals surface area contributed by atoms with Crippen molar-refractivity contribution in [3.8, 4) is 0 Å². The van der Waals surface area contributed by atoms with Gasteiger partial charge in [-0.15, -0.1) is 0 Å². The van der Waals surface area contributed by atoms with Crippen LogP contribution in [0.2, 0.25) is 0 Å². The Kier molecular flexibility index (Phi) is 6.00. The van der Waals surface area contributed by atoms with Crippen molar-refractivity contribution in [2.75, 3.05) is 0 Å². The summed E-state index contributed by atoms with van der Waals surface area (Å²) in [4.78, 5) is 0. The quantitative estimate of drug-likeness (QED) is 0.830. The molecule has 0 saturated heterocycles. The van der Waals surface area contributed by atoms with Crippen LogP contribution in [-0.2, 0) is 13.1 Å². The van der Waals surface area contributed by atoms with Crippen molar-refractivity contribution in [2.24, 2.45) is 11.5 Å². The molecule has 0 radical (unpaired) electrons. The first-order valence-corrected chi connectivity index (χ1v) is 5.76. The highest BCUT2D eigenvalue weighted by Gasteiger charge is 1.89. The van der Waals surface area contributed by atoms with Gasteiger partial charge in [0.15, 0.2) is 0 Å². The molecular formula is C15H20N2. The summed E-state index contributed by atoms with van der Waals surface area (Å²) in [5.41, 5.74) is 14.5. The highest BCUT2D eigenvalue weighted by Crippen LogP contribution is 2.04. The van der Waals surface area contributed by atoms with Crippen LogP contribution in [0.3, 0.4) is 0 Å². The molecule has 0 bridgehead atoms. The summed E-state index contributed by atoms with van der Waals surface area (Å²) in [7, 11) is 0. The zero-order chi connectivity index (χ0) is 12.5. The SMILES string of the molecule is Cc1ccccc1CN.NCc1ccccc1. The minimum atomic E-state index is 0.640. The summed E-state index contributed by atoms with van der Waals surface area (Å²) in [6, 6.07) is 18.1. The molecule has 90 valence electrons. The van der Waals surface area contributed by atoms with Gasteiger partial charge in [0.25, 0.3) is 0 Å². The molecule has 0 fully saturated rings. The van der Waals surface area contributed by atoms with Gasteiger partial charge >= 0.3 is 0 Å². The van der Waals surface area contributed by atoms with Crippen molar-refractivity contribution in [1.29, 1.82) is 0 Å². The van der Waals surface area contributed by atoms with E-state index in [2.05, 4.69) is 19.1 Å². The lowest BCUT2D eigenvalue weighted by Gasteiger charge is -1.98. The van der Waals surface area contributed by atoms with Crippen molar-refractivity contribution >= 4 is 0 Å². The van der Waals surface area contributed by atoms with Crippen LogP contribution in [0.5, 0.6) is 0 Å². The fourth-order valence-corrected chi connectivity index (χ4v) is 1.45. The van der Waals surface area contributed by atoms with Crippen LogP contribution in [0.1, 0.15) is 16.7 Å². The summed E-state index contributed by atoms with van der Waals surface area (Å²) in [5.74, 6) is 0. The molecule has 0 unspecified atom stereocenters. The minimum absolute atomic E-state index is 0.640. The van der Waals surface area contributed by atoms with E-state index in [1.54, 1.807) is 0 Å². The molecule has 0 heterocycles. The topological polar surface area (TPSA) is 52.0 Å². The van der Waals surface area contributed by atoms with Gasteiger partial charge in [-0.3, -0.25) is 0 Å². The fraction of sp³-hybridized carbons (Fsp3) is 0.200. The molecule has 0 aliphatic rings. The zero-order valence-electron chi connectivity index (χ0n) is 10.3. The first kappa shape index (κ1) is 13.4. The standard InChI is InChI=1S/C8H11N.C7H9N/c1-7-4-2-3-5-8(7)6-9;8-6-7-4-2-1-3-5-7/h2-5H,6,9H2,1H3;1-5H,6,8H2. The Hall–Kier alpha value is -1.64. The Morgan fingerprint density at radius 2 is 1.35 bits per heavy atom. The van der Waals surface area contributed by atoms with Crippen LogP contribution in [0.4, 0.5) is 0 Å². The number of benzene rings is 2. The van der Waals surface area contributed by atoms with E-state index in [9.17, 15) is 0 Å². The van der Waals surface area contributed by atoms with Gasteiger partial charge < -0.3 is 11.5 Å². The van der Waals surface area contributed by atoms with Crippen molar-refractivity contribution in [3.05, 3.63) is 71.3 Å². The predicted molar refractivity (Wildman–Crippen MR) is 73.4 cm³/mol. The summed E-state index contributed by atoms with van der Waals surface area (Å²) < 4.78 is 0. The van der Waals surface area contributed by atoms with Crippen LogP contribution in [0, 0.1) is 6.92 Å². The third kappa shape index (κ3) is 4.81. The predicted octanol–water partition coefficient (Wildman–Crippen LogP) is 2.60. The van der Waals surface area contributed by atoms with E-state index in [0.29, 0.717) is 13.1 Å². The zero-order valence-corrected chi connectivity index (χ0v) is 10.3. The van der Waals surface area contributed by atoms with Crippen LogP contribution >= 0.6 is 0 Å². The van der Waals surface area contributed by atoms with Gasteiger partial charge in [-0.1, -0.05) is 54.6 Å². The van der Waals surface area contributed by atoms with Gasteiger partial charge in [-0.2, -0.15) is 0 Å². The molecule has 0 aliphatic heterocycles.